The molecule has 0 fully saturated rings. The maximum atomic E-state index is 10.6. The zero-order chi connectivity index (χ0) is 15.6. The molecule has 0 unspecified atom stereocenters. The van der Waals surface area contributed by atoms with Gasteiger partial charge in [0.25, 0.3) is 5.60 Å². The van der Waals surface area contributed by atoms with Crippen LogP contribution in [0.1, 0.15) is 18.4 Å². The molecule has 7 N–H and O–H groups in total. The number of rotatable bonds is 6. The van der Waals surface area contributed by atoms with Crippen molar-refractivity contribution in [1.29, 1.82) is 0 Å². The summed E-state index contributed by atoms with van der Waals surface area (Å²) >= 11 is 0. The molecule has 0 aliphatic rings. The van der Waals surface area contributed by atoms with Gasteiger partial charge in [0, 0.05) is 5.56 Å². The lowest BCUT2D eigenvalue weighted by Crippen LogP contribution is -2.43. The summed E-state index contributed by atoms with van der Waals surface area (Å²) in [5, 5.41) is 26.7. The summed E-state index contributed by atoms with van der Waals surface area (Å²) in [6.45, 7) is 1.55. The number of hydrogen-bond donors (Lipinski definition) is 5. The maximum Gasteiger partial charge on any atom is 0.352 e. The molecule has 112 valence electrons. The number of carboxylic acids is 2. The lowest BCUT2D eigenvalue weighted by atomic mass is 9.94. The molecule has 7 heteroatoms. The van der Waals surface area contributed by atoms with Gasteiger partial charge in [0.1, 0.15) is 0 Å². The lowest BCUT2D eigenvalue weighted by molar-refractivity contribution is -0.177. The predicted octanol–water partition coefficient (Wildman–Crippen LogP) is -0.273. The van der Waals surface area contributed by atoms with Crippen LogP contribution in [-0.4, -0.2) is 40.3 Å². The number of aliphatic hydroxyl groups is 1. The zero-order valence-corrected chi connectivity index (χ0v) is 11.0. The fraction of sp³-hybridized carbons (Fsp3) is 0.385. The number of aliphatic carboxylic acids is 2. The van der Waals surface area contributed by atoms with E-state index in [-0.39, 0.29) is 5.56 Å². The van der Waals surface area contributed by atoms with Gasteiger partial charge in [-0.15, -0.1) is 0 Å². The van der Waals surface area contributed by atoms with Gasteiger partial charge >= 0.3 is 11.9 Å². The van der Waals surface area contributed by atoms with Crippen molar-refractivity contribution in [2.45, 2.75) is 18.4 Å². The van der Waals surface area contributed by atoms with Gasteiger partial charge in [-0.1, -0.05) is 30.3 Å². The molecule has 1 rings (SSSR count). The molecular formula is C13H20N2O5. The van der Waals surface area contributed by atoms with Crippen LogP contribution >= 0.6 is 0 Å². The lowest BCUT2D eigenvalue weighted by Gasteiger charge is -2.18. The van der Waals surface area contributed by atoms with E-state index < -0.39 is 17.5 Å². The Hall–Kier alpha value is -1.96. The van der Waals surface area contributed by atoms with Gasteiger partial charge in [-0.05, 0) is 25.9 Å². The SMILES string of the molecule is NCCCCN.O=C(O)C(O)(C(=O)O)c1ccccc1. The van der Waals surface area contributed by atoms with E-state index in [1.165, 1.54) is 24.3 Å². The third kappa shape index (κ3) is 4.96. The molecule has 0 spiro atoms. The Morgan fingerprint density at radius 3 is 1.65 bits per heavy atom. The molecule has 0 amide bonds. The van der Waals surface area contributed by atoms with Crippen LogP contribution in [0.2, 0.25) is 0 Å². The number of unbranched alkanes of at least 4 members (excludes halogenated alkanes) is 1. The van der Waals surface area contributed by atoms with E-state index in [0.29, 0.717) is 0 Å². The molecular weight excluding hydrogens is 264 g/mol. The van der Waals surface area contributed by atoms with E-state index in [1.807, 2.05) is 0 Å². The molecule has 0 aliphatic carbocycles. The smallest absolute Gasteiger partial charge is 0.352 e. The molecule has 20 heavy (non-hydrogen) atoms. The highest BCUT2D eigenvalue weighted by atomic mass is 16.4. The van der Waals surface area contributed by atoms with Crippen LogP contribution < -0.4 is 11.5 Å². The number of carbonyl (C=O) groups is 2. The summed E-state index contributed by atoms with van der Waals surface area (Å²) in [7, 11) is 0. The van der Waals surface area contributed by atoms with Crippen molar-refractivity contribution in [3.8, 4) is 0 Å². The molecule has 0 saturated heterocycles. The summed E-state index contributed by atoms with van der Waals surface area (Å²) in [5.41, 5.74) is 7.26. The molecule has 7 nitrogen and oxygen atoms in total. The Balaban J connectivity index is 0.000000511. The quantitative estimate of drug-likeness (QED) is 0.356. The third-order valence-electron chi connectivity index (χ3n) is 2.47. The molecule has 0 aromatic heterocycles. The van der Waals surface area contributed by atoms with Crippen LogP contribution in [0.4, 0.5) is 0 Å². The first kappa shape index (κ1) is 18.0. The van der Waals surface area contributed by atoms with Crippen LogP contribution in [0.25, 0.3) is 0 Å². The van der Waals surface area contributed by atoms with Crippen LogP contribution in [0.5, 0.6) is 0 Å². The molecule has 0 saturated carbocycles. The first-order chi connectivity index (χ1) is 9.41. The molecule has 0 radical (unpaired) electrons. The standard InChI is InChI=1S/C9H8O5.C4H12N2/c10-7(11)9(14,8(12)13)6-4-2-1-3-5-6;5-3-1-2-4-6/h1-5,14H,(H,10,11)(H,12,13);1-6H2. The zero-order valence-electron chi connectivity index (χ0n) is 11.0. The molecule has 1 aromatic rings. The van der Waals surface area contributed by atoms with Crippen LogP contribution in [0.3, 0.4) is 0 Å². The number of nitrogens with two attached hydrogens (primary N) is 2. The van der Waals surface area contributed by atoms with Gasteiger partial charge in [0.05, 0.1) is 0 Å². The van der Waals surface area contributed by atoms with Gasteiger partial charge in [0.15, 0.2) is 0 Å². The number of hydrogen-bond acceptors (Lipinski definition) is 5. The fourth-order valence-electron chi connectivity index (χ4n) is 1.31. The van der Waals surface area contributed by atoms with Crippen molar-refractivity contribution >= 4 is 11.9 Å². The minimum Gasteiger partial charge on any atom is -0.478 e. The van der Waals surface area contributed by atoms with E-state index in [1.54, 1.807) is 6.07 Å². The largest absolute Gasteiger partial charge is 0.478 e. The molecule has 0 atom stereocenters. The van der Waals surface area contributed by atoms with Crippen LogP contribution in [0, 0.1) is 0 Å². The van der Waals surface area contributed by atoms with Crippen molar-refractivity contribution in [1.82, 2.24) is 0 Å². The predicted molar refractivity (Wildman–Crippen MR) is 73.0 cm³/mol. The summed E-state index contributed by atoms with van der Waals surface area (Å²) in [4.78, 5) is 21.3. The fourth-order valence-corrected chi connectivity index (χ4v) is 1.31. The van der Waals surface area contributed by atoms with Crippen molar-refractivity contribution in [2.24, 2.45) is 11.5 Å². The second kappa shape index (κ2) is 9.03. The van der Waals surface area contributed by atoms with Crippen molar-refractivity contribution in [3.63, 3.8) is 0 Å². The average Bonchev–Trinajstić information content (AvgIpc) is 2.45. The molecule has 1 aromatic carbocycles. The van der Waals surface area contributed by atoms with E-state index in [2.05, 4.69) is 0 Å². The number of carboxylic acid groups (broad SMARTS) is 2. The van der Waals surface area contributed by atoms with Gasteiger partial charge < -0.3 is 26.8 Å². The van der Waals surface area contributed by atoms with Crippen molar-refractivity contribution in [3.05, 3.63) is 35.9 Å². The highest BCUT2D eigenvalue weighted by molar-refractivity contribution is 6.02. The van der Waals surface area contributed by atoms with Crippen LogP contribution in [-0.2, 0) is 15.2 Å². The van der Waals surface area contributed by atoms with Crippen LogP contribution in [0.15, 0.2) is 30.3 Å². The second-order valence-electron chi connectivity index (χ2n) is 3.97. The van der Waals surface area contributed by atoms with Gasteiger partial charge in [-0.25, -0.2) is 9.59 Å². The molecule has 0 heterocycles. The Bertz CT molecular complexity index is 404. The second-order valence-corrected chi connectivity index (χ2v) is 3.97. The van der Waals surface area contributed by atoms with Crippen molar-refractivity contribution in [2.75, 3.05) is 13.1 Å². The average molecular weight is 284 g/mol. The monoisotopic (exact) mass is 284 g/mol. The normalized spacial score (nSPS) is 10.3. The first-order valence-electron chi connectivity index (χ1n) is 6.06. The highest BCUT2D eigenvalue weighted by Crippen LogP contribution is 2.21. The summed E-state index contributed by atoms with van der Waals surface area (Å²) in [5.74, 6) is -3.62. The maximum absolute atomic E-state index is 10.6. The summed E-state index contributed by atoms with van der Waals surface area (Å²) < 4.78 is 0. The Kier molecular flexibility index (Phi) is 8.14. The summed E-state index contributed by atoms with van der Waals surface area (Å²) in [6, 6.07) is 6.97. The van der Waals surface area contributed by atoms with E-state index in [0.717, 1.165) is 25.9 Å². The van der Waals surface area contributed by atoms with Gasteiger partial charge in [-0.2, -0.15) is 0 Å². The topological polar surface area (TPSA) is 147 Å². The Morgan fingerprint density at radius 2 is 1.35 bits per heavy atom. The van der Waals surface area contributed by atoms with E-state index in [4.69, 9.17) is 21.7 Å². The number of benzene rings is 1. The summed E-state index contributed by atoms with van der Waals surface area (Å²) in [6.07, 6.45) is 2.13. The third-order valence-corrected chi connectivity index (χ3v) is 2.47. The van der Waals surface area contributed by atoms with Crippen molar-refractivity contribution < 1.29 is 24.9 Å². The van der Waals surface area contributed by atoms with Gasteiger partial charge in [-0.3, -0.25) is 0 Å². The minimum absolute atomic E-state index is 0.181. The highest BCUT2D eigenvalue weighted by Gasteiger charge is 2.46. The van der Waals surface area contributed by atoms with E-state index in [9.17, 15) is 14.7 Å². The molecule has 0 aliphatic heterocycles. The van der Waals surface area contributed by atoms with E-state index >= 15 is 0 Å². The van der Waals surface area contributed by atoms with Gasteiger partial charge in [0.2, 0.25) is 0 Å². The minimum atomic E-state index is -2.87. The Morgan fingerprint density at radius 1 is 0.950 bits per heavy atom. The Labute approximate surface area is 116 Å². The molecule has 0 bridgehead atoms. The first-order valence-corrected chi connectivity index (χ1v) is 6.06.